The molecule has 1 aromatic heterocycles. The SMILES string of the molecule is O=C(CN1C(=O)NC2(CCCCC2)C1=O)NCCc1cccs1. The van der Waals surface area contributed by atoms with Crippen LogP contribution in [-0.4, -0.2) is 41.4 Å². The molecule has 4 amide bonds. The zero-order chi connectivity index (χ0) is 16.3. The van der Waals surface area contributed by atoms with Crippen molar-refractivity contribution in [1.29, 1.82) is 0 Å². The summed E-state index contributed by atoms with van der Waals surface area (Å²) in [5.74, 6) is -0.534. The monoisotopic (exact) mass is 335 g/mol. The zero-order valence-electron chi connectivity index (χ0n) is 13.0. The van der Waals surface area contributed by atoms with Crippen LogP contribution in [0.2, 0.25) is 0 Å². The maximum absolute atomic E-state index is 12.6. The molecular weight excluding hydrogens is 314 g/mol. The van der Waals surface area contributed by atoms with Gasteiger partial charge in [-0.15, -0.1) is 11.3 Å². The van der Waals surface area contributed by atoms with Gasteiger partial charge in [0.1, 0.15) is 12.1 Å². The third kappa shape index (κ3) is 3.39. The molecule has 0 atom stereocenters. The molecule has 0 bridgehead atoms. The van der Waals surface area contributed by atoms with Crippen molar-refractivity contribution in [2.45, 2.75) is 44.1 Å². The summed E-state index contributed by atoms with van der Waals surface area (Å²) in [4.78, 5) is 38.9. The van der Waals surface area contributed by atoms with Crippen LogP contribution in [0.25, 0.3) is 0 Å². The fraction of sp³-hybridized carbons (Fsp3) is 0.562. The minimum atomic E-state index is -0.757. The molecule has 0 radical (unpaired) electrons. The van der Waals surface area contributed by atoms with E-state index >= 15 is 0 Å². The second kappa shape index (κ2) is 6.70. The highest BCUT2D eigenvalue weighted by Crippen LogP contribution is 2.33. The number of carbonyl (C=O) groups is 3. The molecule has 1 saturated carbocycles. The summed E-state index contributed by atoms with van der Waals surface area (Å²) in [5, 5.41) is 7.58. The van der Waals surface area contributed by atoms with E-state index in [0.717, 1.165) is 30.6 Å². The van der Waals surface area contributed by atoms with E-state index in [-0.39, 0.29) is 18.4 Å². The minimum Gasteiger partial charge on any atom is -0.354 e. The van der Waals surface area contributed by atoms with Crippen molar-refractivity contribution in [3.05, 3.63) is 22.4 Å². The predicted octanol–water partition coefficient (Wildman–Crippen LogP) is 1.66. The van der Waals surface area contributed by atoms with E-state index in [9.17, 15) is 14.4 Å². The molecule has 1 aromatic rings. The van der Waals surface area contributed by atoms with Gasteiger partial charge in [-0.25, -0.2) is 4.79 Å². The maximum Gasteiger partial charge on any atom is 0.325 e. The molecule has 2 N–H and O–H groups in total. The third-order valence-corrected chi connectivity index (χ3v) is 5.46. The van der Waals surface area contributed by atoms with Crippen molar-refractivity contribution in [3.63, 3.8) is 0 Å². The lowest BCUT2D eigenvalue weighted by Crippen LogP contribution is -2.49. The average Bonchev–Trinajstić information content (AvgIpc) is 3.12. The second-order valence-corrected chi connectivity index (χ2v) is 7.18. The lowest BCUT2D eigenvalue weighted by atomic mass is 9.82. The lowest BCUT2D eigenvalue weighted by molar-refractivity contribution is -0.135. The summed E-state index contributed by atoms with van der Waals surface area (Å²) in [6.45, 7) is 0.311. The molecule has 0 unspecified atom stereocenters. The highest BCUT2D eigenvalue weighted by Gasteiger charge is 2.51. The van der Waals surface area contributed by atoms with E-state index in [4.69, 9.17) is 0 Å². The number of imide groups is 1. The van der Waals surface area contributed by atoms with E-state index in [0.29, 0.717) is 19.4 Å². The van der Waals surface area contributed by atoms with Gasteiger partial charge in [-0.3, -0.25) is 14.5 Å². The van der Waals surface area contributed by atoms with Gasteiger partial charge in [0, 0.05) is 11.4 Å². The number of thiophene rings is 1. The van der Waals surface area contributed by atoms with Gasteiger partial charge in [-0.2, -0.15) is 0 Å². The lowest BCUT2D eigenvalue weighted by Gasteiger charge is -2.30. The molecule has 6 nitrogen and oxygen atoms in total. The molecule has 1 aliphatic carbocycles. The summed E-state index contributed by atoms with van der Waals surface area (Å²) >= 11 is 1.64. The van der Waals surface area contributed by atoms with Crippen molar-refractivity contribution in [2.75, 3.05) is 13.1 Å². The number of urea groups is 1. The van der Waals surface area contributed by atoms with E-state index in [1.165, 1.54) is 4.88 Å². The molecule has 0 aromatic carbocycles. The number of carbonyl (C=O) groups excluding carboxylic acids is 3. The Balaban J connectivity index is 1.51. The summed E-state index contributed by atoms with van der Waals surface area (Å²) in [6, 6.07) is 3.55. The van der Waals surface area contributed by atoms with Crippen LogP contribution in [0.3, 0.4) is 0 Å². The van der Waals surface area contributed by atoms with Gasteiger partial charge in [0.2, 0.25) is 5.91 Å². The van der Waals surface area contributed by atoms with Crippen molar-refractivity contribution < 1.29 is 14.4 Å². The Hall–Kier alpha value is -1.89. The maximum atomic E-state index is 12.6. The number of rotatable bonds is 5. The quantitative estimate of drug-likeness (QED) is 0.803. The summed E-state index contributed by atoms with van der Waals surface area (Å²) in [6.07, 6.45) is 5.07. The van der Waals surface area contributed by atoms with Crippen molar-refractivity contribution >= 4 is 29.2 Å². The molecule has 1 saturated heterocycles. The highest BCUT2D eigenvalue weighted by atomic mass is 32.1. The summed E-state index contributed by atoms with van der Waals surface area (Å²) < 4.78 is 0. The van der Waals surface area contributed by atoms with E-state index in [1.54, 1.807) is 11.3 Å². The fourth-order valence-electron chi connectivity index (χ4n) is 3.29. The molecule has 23 heavy (non-hydrogen) atoms. The van der Waals surface area contributed by atoms with Gasteiger partial charge in [0.05, 0.1) is 0 Å². The summed E-state index contributed by atoms with van der Waals surface area (Å²) in [7, 11) is 0. The van der Waals surface area contributed by atoms with Crippen LogP contribution in [0.5, 0.6) is 0 Å². The first kappa shape index (κ1) is 16.0. The molecule has 1 aliphatic heterocycles. The van der Waals surface area contributed by atoms with E-state index < -0.39 is 11.6 Å². The Kier molecular flexibility index (Phi) is 4.66. The van der Waals surface area contributed by atoms with Gasteiger partial charge < -0.3 is 10.6 Å². The van der Waals surface area contributed by atoms with E-state index in [2.05, 4.69) is 10.6 Å². The normalized spacial score (nSPS) is 19.9. The Morgan fingerprint density at radius 3 is 2.78 bits per heavy atom. The number of nitrogens with zero attached hydrogens (tertiary/aromatic N) is 1. The van der Waals surface area contributed by atoms with Crippen molar-refractivity contribution in [2.24, 2.45) is 0 Å². The van der Waals surface area contributed by atoms with Crippen LogP contribution in [0.4, 0.5) is 4.79 Å². The van der Waals surface area contributed by atoms with E-state index in [1.807, 2.05) is 17.5 Å². The first-order valence-electron chi connectivity index (χ1n) is 8.04. The summed E-state index contributed by atoms with van der Waals surface area (Å²) in [5.41, 5.74) is -0.757. The first-order valence-corrected chi connectivity index (χ1v) is 8.92. The molecular formula is C16H21N3O3S. The van der Waals surface area contributed by atoms with Crippen molar-refractivity contribution in [1.82, 2.24) is 15.5 Å². The minimum absolute atomic E-state index is 0.198. The van der Waals surface area contributed by atoms with Crippen LogP contribution in [0.15, 0.2) is 17.5 Å². The second-order valence-electron chi connectivity index (χ2n) is 6.14. The topological polar surface area (TPSA) is 78.5 Å². The third-order valence-electron chi connectivity index (χ3n) is 4.53. The molecule has 2 fully saturated rings. The standard InChI is InChI=1S/C16H21N3O3S/c20-13(17-9-6-12-5-4-10-23-12)11-19-14(21)16(18-15(19)22)7-2-1-3-8-16/h4-5,10H,1-3,6-9,11H2,(H,17,20)(H,18,22). The smallest absolute Gasteiger partial charge is 0.325 e. The number of amides is 4. The fourth-order valence-corrected chi connectivity index (χ4v) is 4.00. The average molecular weight is 335 g/mol. The van der Waals surface area contributed by atoms with Gasteiger partial charge in [0.25, 0.3) is 5.91 Å². The predicted molar refractivity (Wildman–Crippen MR) is 87.1 cm³/mol. The van der Waals surface area contributed by atoms with Gasteiger partial charge in [0.15, 0.2) is 0 Å². The van der Waals surface area contributed by atoms with Crippen LogP contribution in [-0.2, 0) is 16.0 Å². The number of hydrogen-bond acceptors (Lipinski definition) is 4. The van der Waals surface area contributed by atoms with Crippen molar-refractivity contribution in [3.8, 4) is 0 Å². The Morgan fingerprint density at radius 1 is 1.30 bits per heavy atom. The Bertz CT molecular complexity index is 594. The molecule has 3 rings (SSSR count). The molecule has 124 valence electrons. The van der Waals surface area contributed by atoms with Crippen LogP contribution < -0.4 is 10.6 Å². The highest BCUT2D eigenvalue weighted by molar-refractivity contribution is 7.09. The Morgan fingerprint density at radius 2 is 2.09 bits per heavy atom. The number of hydrogen-bond donors (Lipinski definition) is 2. The van der Waals surface area contributed by atoms with Gasteiger partial charge in [-0.05, 0) is 30.7 Å². The van der Waals surface area contributed by atoms with Crippen LogP contribution >= 0.6 is 11.3 Å². The first-order chi connectivity index (χ1) is 11.1. The van der Waals surface area contributed by atoms with Crippen LogP contribution in [0.1, 0.15) is 37.0 Å². The zero-order valence-corrected chi connectivity index (χ0v) is 13.8. The molecule has 2 aliphatic rings. The van der Waals surface area contributed by atoms with Gasteiger partial charge in [-0.1, -0.05) is 25.3 Å². The van der Waals surface area contributed by atoms with Crippen LogP contribution in [0, 0.1) is 0 Å². The molecule has 2 heterocycles. The molecule has 7 heteroatoms. The largest absolute Gasteiger partial charge is 0.354 e. The Labute approximate surface area is 139 Å². The van der Waals surface area contributed by atoms with Gasteiger partial charge >= 0.3 is 6.03 Å². The number of nitrogens with one attached hydrogen (secondary N) is 2. The molecule has 1 spiro atoms.